The number of aromatic nitrogens is 4. The SMILES string of the molecule is COc1ccc2c(c1C)n(-c1cc3c(c[n+]1C)-c1ccccc1C3(C)C)c1nc3[c]([BiH2])cccc3n21. The van der Waals surface area contributed by atoms with Crippen molar-refractivity contribution in [2.45, 2.75) is 26.2 Å². The van der Waals surface area contributed by atoms with Crippen molar-refractivity contribution in [3.63, 3.8) is 0 Å². The topological polar surface area (TPSA) is 35.3 Å². The molecule has 1 aliphatic rings. The molecule has 0 spiro atoms. The van der Waals surface area contributed by atoms with Crippen molar-refractivity contribution < 1.29 is 9.30 Å². The van der Waals surface area contributed by atoms with Crippen LogP contribution in [-0.4, -0.2) is 45.8 Å². The molecule has 0 N–H and O–H groups in total. The van der Waals surface area contributed by atoms with Crippen LogP contribution in [-0.2, 0) is 12.5 Å². The Morgan fingerprint density at radius 1 is 0.944 bits per heavy atom. The van der Waals surface area contributed by atoms with Crippen molar-refractivity contribution in [1.82, 2.24) is 14.0 Å². The van der Waals surface area contributed by atoms with E-state index in [1.807, 2.05) is 0 Å². The van der Waals surface area contributed by atoms with Crippen LogP contribution in [0.4, 0.5) is 0 Å². The summed E-state index contributed by atoms with van der Waals surface area (Å²) < 4.78 is 14.0. The third-order valence-electron chi connectivity index (χ3n) is 7.98. The fourth-order valence-electron chi connectivity index (χ4n) is 6.16. The van der Waals surface area contributed by atoms with Crippen LogP contribution >= 0.6 is 0 Å². The third kappa shape index (κ3) is 2.68. The molecule has 3 heterocycles. The van der Waals surface area contributed by atoms with Gasteiger partial charge in [-0.15, -0.1) is 0 Å². The van der Waals surface area contributed by atoms with E-state index in [2.05, 4.69) is 108 Å². The number of fused-ring (bicyclic) bond motifs is 8. The van der Waals surface area contributed by atoms with Gasteiger partial charge in [-0.1, -0.05) is 0 Å². The monoisotopic (exact) mass is 669 g/mol. The van der Waals surface area contributed by atoms with Gasteiger partial charge in [0.25, 0.3) is 0 Å². The molecule has 7 rings (SSSR count). The van der Waals surface area contributed by atoms with Crippen LogP contribution in [0, 0.1) is 6.92 Å². The molecular weight excluding hydrogens is 641 g/mol. The molecule has 0 amide bonds. The average Bonchev–Trinajstić information content (AvgIpc) is 3.47. The number of methoxy groups -OCH3 is 1. The molecule has 0 radical (unpaired) electrons. The Hall–Kier alpha value is -3.24. The zero-order chi connectivity index (χ0) is 24.9. The summed E-state index contributed by atoms with van der Waals surface area (Å²) in [6, 6.07) is 22.0. The van der Waals surface area contributed by atoms with Crippen molar-refractivity contribution in [3.05, 3.63) is 83.6 Å². The summed E-state index contributed by atoms with van der Waals surface area (Å²) in [5, 5.41) is 0. The molecule has 0 unspecified atom stereocenters. The van der Waals surface area contributed by atoms with E-state index >= 15 is 0 Å². The van der Waals surface area contributed by atoms with Crippen LogP contribution in [0.25, 0.3) is 44.8 Å². The van der Waals surface area contributed by atoms with Gasteiger partial charge >= 0.3 is 226 Å². The number of rotatable bonds is 2. The standard InChI is InChI=1S/C30H26N4O.Bi.2H/c1-18-26(35-5)15-14-25-28(18)34(29-31-23-12-8-9-13-24(23)33(25)29)27-16-22-20(17-32(27)4)19-10-6-7-11-21(19)30(22,2)3;;;/h6-11,13-17H,1-5H3;;;/q+1;;;. The third-order valence-corrected chi connectivity index (χ3v) is 9.79. The van der Waals surface area contributed by atoms with Crippen LogP contribution in [0.15, 0.2) is 66.9 Å². The normalized spacial score (nSPS) is 14.1. The zero-order valence-corrected chi connectivity index (χ0v) is 25.6. The second-order valence-electron chi connectivity index (χ2n) is 10.3. The van der Waals surface area contributed by atoms with Gasteiger partial charge in [-0.05, 0) is 0 Å². The van der Waals surface area contributed by atoms with Crippen molar-refractivity contribution in [2.24, 2.45) is 7.05 Å². The number of pyridine rings is 1. The first-order valence-corrected chi connectivity index (χ1v) is 14.5. The molecule has 0 atom stereocenters. The number of aryl methyl sites for hydroxylation is 2. The molecule has 0 bridgehead atoms. The molecule has 3 aromatic carbocycles. The molecule has 1 aliphatic carbocycles. The van der Waals surface area contributed by atoms with Crippen LogP contribution in [0.3, 0.4) is 0 Å². The van der Waals surface area contributed by atoms with Crippen molar-refractivity contribution in [3.8, 4) is 22.7 Å². The molecule has 3 aromatic heterocycles. The van der Waals surface area contributed by atoms with Crippen molar-refractivity contribution in [1.29, 1.82) is 0 Å². The summed E-state index contributed by atoms with van der Waals surface area (Å²) in [5.74, 6) is 2.92. The van der Waals surface area contributed by atoms with Gasteiger partial charge in [0, 0.05) is 0 Å². The minimum atomic E-state index is -0.0790. The summed E-state index contributed by atoms with van der Waals surface area (Å²) in [5.41, 5.74) is 10.9. The number of imidazole rings is 2. The van der Waals surface area contributed by atoms with Gasteiger partial charge in [0.15, 0.2) is 0 Å². The van der Waals surface area contributed by atoms with Crippen LogP contribution < -0.4 is 12.6 Å². The van der Waals surface area contributed by atoms with E-state index in [1.54, 1.807) is 7.11 Å². The Labute approximate surface area is 224 Å². The molecule has 36 heavy (non-hydrogen) atoms. The van der Waals surface area contributed by atoms with Gasteiger partial charge in [0.2, 0.25) is 0 Å². The van der Waals surface area contributed by atoms with E-state index in [1.165, 1.54) is 25.5 Å². The predicted molar refractivity (Wildman–Crippen MR) is 148 cm³/mol. The van der Waals surface area contributed by atoms with Crippen LogP contribution in [0.2, 0.25) is 0 Å². The number of hydrogen-bond acceptors (Lipinski definition) is 2. The number of hydrogen-bond donors (Lipinski definition) is 0. The van der Waals surface area contributed by atoms with Crippen LogP contribution in [0.5, 0.6) is 5.75 Å². The maximum atomic E-state index is 5.76. The molecule has 0 saturated heterocycles. The van der Waals surface area contributed by atoms with E-state index in [-0.39, 0.29) is 5.41 Å². The first-order chi connectivity index (χ1) is 17.3. The summed E-state index contributed by atoms with van der Waals surface area (Å²) in [4.78, 5) is 5.25. The molecule has 0 fully saturated rings. The Morgan fingerprint density at radius 3 is 2.56 bits per heavy atom. The maximum absolute atomic E-state index is 5.76. The summed E-state index contributed by atoms with van der Waals surface area (Å²) in [6.07, 6.45) is 2.29. The van der Waals surface area contributed by atoms with Crippen LogP contribution in [0.1, 0.15) is 30.5 Å². The van der Waals surface area contributed by atoms with E-state index in [9.17, 15) is 0 Å². The van der Waals surface area contributed by atoms with E-state index in [4.69, 9.17) is 9.72 Å². The second kappa shape index (κ2) is 7.39. The Bertz CT molecular complexity index is 1890. The van der Waals surface area contributed by atoms with Gasteiger partial charge in [-0.3, -0.25) is 0 Å². The number of ether oxygens (including phenoxy) is 1. The second-order valence-corrected chi connectivity index (χ2v) is 12.7. The average molecular weight is 670 g/mol. The fraction of sp³-hybridized carbons (Fsp3) is 0.200. The Balaban J connectivity index is 1.65. The molecule has 0 aliphatic heterocycles. The van der Waals surface area contributed by atoms with Crippen molar-refractivity contribution >= 4 is 55.8 Å². The molecule has 178 valence electrons. The van der Waals surface area contributed by atoms with Gasteiger partial charge in [-0.25, -0.2) is 0 Å². The quantitative estimate of drug-likeness (QED) is 0.206. The van der Waals surface area contributed by atoms with Gasteiger partial charge < -0.3 is 0 Å². The zero-order valence-electron chi connectivity index (χ0n) is 21.1. The predicted octanol–water partition coefficient (Wildman–Crippen LogP) is 4.14. The fourth-order valence-corrected chi connectivity index (χ4v) is 7.42. The van der Waals surface area contributed by atoms with E-state index in [0.29, 0.717) is 0 Å². The van der Waals surface area contributed by atoms with E-state index in [0.717, 1.165) is 69.7 Å². The van der Waals surface area contributed by atoms with E-state index < -0.39 is 0 Å². The Morgan fingerprint density at radius 2 is 1.75 bits per heavy atom. The summed E-state index contributed by atoms with van der Waals surface area (Å²) in [7, 11) is 3.88. The Kier molecular flexibility index (Phi) is 4.52. The van der Waals surface area contributed by atoms with Gasteiger partial charge in [-0.2, -0.15) is 0 Å². The number of benzene rings is 3. The number of nitrogens with zero attached hydrogens (tertiary/aromatic N) is 4. The molecule has 5 nitrogen and oxygen atoms in total. The molecule has 0 saturated carbocycles. The molecular formula is C30H28BiN4O+. The number of para-hydroxylation sites is 1. The molecule has 6 aromatic rings. The van der Waals surface area contributed by atoms with Gasteiger partial charge in [0.1, 0.15) is 0 Å². The summed E-state index contributed by atoms with van der Waals surface area (Å²) in [6.45, 7) is 6.81. The summed E-state index contributed by atoms with van der Waals surface area (Å²) >= 11 is 0.718. The molecule has 6 heteroatoms. The van der Waals surface area contributed by atoms with Crippen molar-refractivity contribution in [2.75, 3.05) is 7.11 Å². The van der Waals surface area contributed by atoms with Gasteiger partial charge in [0.05, 0.1) is 0 Å². The first-order valence-electron chi connectivity index (χ1n) is 12.2. The minimum absolute atomic E-state index is 0.0790. The first kappa shape index (κ1) is 22.0.